The highest BCUT2D eigenvalue weighted by atomic mass is 35.5. The summed E-state index contributed by atoms with van der Waals surface area (Å²) in [6.45, 7) is 0.235. The van der Waals surface area contributed by atoms with E-state index in [1.165, 1.54) is 18.3 Å². The first kappa shape index (κ1) is 17.7. The molecule has 4 nitrogen and oxygen atoms in total. The number of terminal acetylenes is 1. The minimum atomic E-state index is -0.585. The molecule has 3 rings (SSSR count). The lowest BCUT2D eigenvalue weighted by Crippen LogP contribution is -2.28. The van der Waals surface area contributed by atoms with Crippen LogP contribution in [0.1, 0.15) is 21.5 Å². The molecule has 0 fully saturated rings. The molecule has 1 heterocycles. The van der Waals surface area contributed by atoms with Crippen molar-refractivity contribution in [1.82, 2.24) is 10.3 Å². The van der Waals surface area contributed by atoms with Crippen molar-refractivity contribution in [3.8, 4) is 12.3 Å². The van der Waals surface area contributed by atoms with Crippen molar-refractivity contribution in [3.63, 3.8) is 0 Å². The number of hydrogen-bond acceptors (Lipinski definition) is 2. The summed E-state index contributed by atoms with van der Waals surface area (Å²) in [5.74, 6) is 1.27. The SMILES string of the molecule is C#CCc1cc(F)c2[nH]cc(C(=O)NCc3ccc(Cl)cc3)c(=O)c2c1. The third-order valence-corrected chi connectivity index (χ3v) is 4.17. The van der Waals surface area contributed by atoms with Crippen LogP contribution in [0, 0.1) is 18.2 Å². The second kappa shape index (κ2) is 7.42. The molecule has 0 spiro atoms. The van der Waals surface area contributed by atoms with E-state index in [9.17, 15) is 14.0 Å². The molecule has 0 aliphatic rings. The van der Waals surface area contributed by atoms with Crippen molar-refractivity contribution < 1.29 is 9.18 Å². The second-order valence-corrected chi connectivity index (χ2v) is 6.16. The van der Waals surface area contributed by atoms with E-state index in [2.05, 4.69) is 16.2 Å². The number of aromatic nitrogens is 1. The van der Waals surface area contributed by atoms with Gasteiger partial charge in [-0.1, -0.05) is 23.7 Å². The average Bonchev–Trinajstić information content (AvgIpc) is 2.62. The lowest BCUT2D eigenvalue weighted by atomic mass is 10.1. The molecule has 0 bridgehead atoms. The van der Waals surface area contributed by atoms with E-state index in [1.54, 1.807) is 24.3 Å². The molecule has 0 saturated heterocycles. The molecule has 2 aromatic carbocycles. The molecule has 1 aromatic heterocycles. The average molecular weight is 369 g/mol. The number of benzene rings is 2. The molecular weight excluding hydrogens is 355 g/mol. The minimum Gasteiger partial charge on any atom is -0.358 e. The highest BCUT2D eigenvalue weighted by molar-refractivity contribution is 6.30. The van der Waals surface area contributed by atoms with Gasteiger partial charge in [-0.25, -0.2) is 4.39 Å². The van der Waals surface area contributed by atoms with Crippen LogP contribution in [0.25, 0.3) is 10.9 Å². The monoisotopic (exact) mass is 368 g/mol. The van der Waals surface area contributed by atoms with E-state index in [0.29, 0.717) is 10.6 Å². The molecule has 130 valence electrons. The first-order chi connectivity index (χ1) is 12.5. The Labute approximate surface area is 154 Å². The summed E-state index contributed by atoms with van der Waals surface area (Å²) in [6, 6.07) is 9.75. The Kier molecular flexibility index (Phi) is 5.06. The molecule has 26 heavy (non-hydrogen) atoms. The van der Waals surface area contributed by atoms with Crippen molar-refractivity contribution in [2.45, 2.75) is 13.0 Å². The van der Waals surface area contributed by atoms with Crippen LogP contribution in [0.3, 0.4) is 0 Å². The maximum Gasteiger partial charge on any atom is 0.257 e. The Hall–Kier alpha value is -3.10. The van der Waals surface area contributed by atoms with Gasteiger partial charge in [-0.15, -0.1) is 12.3 Å². The number of halogens is 2. The van der Waals surface area contributed by atoms with Crippen molar-refractivity contribution in [2.24, 2.45) is 0 Å². The number of hydrogen-bond donors (Lipinski definition) is 2. The van der Waals surface area contributed by atoms with Crippen LogP contribution < -0.4 is 10.7 Å². The summed E-state index contributed by atoms with van der Waals surface area (Å²) in [5, 5.41) is 3.35. The Bertz CT molecular complexity index is 1080. The van der Waals surface area contributed by atoms with Crippen LogP contribution in [0.5, 0.6) is 0 Å². The van der Waals surface area contributed by atoms with Gasteiger partial charge in [0.15, 0.2) is 0 Å². The largest absolute Gasteiger partial charge is 0.358 e. The number of amides is 1. The minimum absolute atomic E-state index is 0.0463. The summed E-state index contributed by atoms with van der Waals surface area (Å²) in [4.78, 5) is 27.7. The van der Waals surface area contributed by atoms with Crippen LogP contribution in [-0.2, 0) is 13.0 Å². The number of H-pyrrole nitrogens is 1. The van der Waals surface area contributed by atoms with Gasteiger partial charge in [-0.2, -0.15) is 0 Å². The zero-order valence-electron chi connectivity index (χ0n) is 13.6. The van der Waals surface area contributed by atoms with Crippen LogP contribution in [0.4, 0.5) is 4.39 Å². The number of fused-ring (bicyclic) bond motifs is 1. The van der Waals surface area contributed by atoms with Gasteiger partial charge in [0, 0.05) is 29.6 Å². The molecule has 6 heteroatoms. The second-order valence-electron chi connectivity index (χ2n) is 5.72. The lowest BCUT2D eigenvalue weighted by Gasteiger charge is -2.08. The summed E-state index contributed by atoms with van der Waals surface area (Å²) < 4.78 is 14.1. The Morgan fingerprint density at radius 2 is 1.96 bits per heavy atom. The molecule has 2 N–H and O–H groups in total. The van der Waals surface area contributed by atoms with Gasteiger partial charge in [-0.05, 0) is 35.4 Å². The van der Waals surface area contributed by atoms with Gasteiger partial charge in [0.1, 0.15) is 11.4 Å². The highest BCUT2D eigenvalue weighted by Gasteiger charge is 2.15. The predicted octanol–water partition coefficient (Wildman–Crippen LogP) is 3.43. The summed E-state index contributed by atoms with van der Waals surface area (Å²) in [7, 11) is 0. The van der Waals surface area contributed by atoms with E-state index < -0.39 is 17.2 Å². The topological polar surface area (TPSA) is 62.0 Å². The number of carbonyl (C=O) groups is 1. The quantitative estimate of drug-likeness (QED) is 0.693. The summed E-state index contributed by atoms with van der Waals surface area (Å²) in [5.41, 5.74) is 0.739. The van der Waals surface area contributed by atoms with E-state index in [0.717, 1.165) is 5.56 Å². The molecule has 0 aliphatic heterocycles. The van der Waals surface area contributed by atoms with Crippen molar-refractivity contribution in [1.29, 1.82) is 0 Å². The van der Waals surface area contributed by atoms with E-state index in [-0.39, 0.29) is 29.4 Å². The fourth-order valence-corrected chi connectivity index (χ4v) is 2.74. The van der Waals surface area contributed by atoms with Gasteiger partial charge in [0.2, 0.25) is 5.43 Å². The van der Waals surface area contributed by atoms with Gasteiger partial charge in [-0.3, -0.25) is 9.59 Å². The maximum absolute atomic E-state index is 14.1. The Morgan fingerprint density at radius 3 is 2.65 bits per heavy atom. The Balaban J connectivity index is 1.90. The summed E-state index contributed by atoms with van der Waals surface area (Å²) >= 11 is 5.82. The summed E-state index contributed by atoms with van der Waals surface area (Å²) in [6.07, 6.45) is 6.65. The molecular formula is C20H14ClFN2O2. The van der Waals surface area contributed by atoms with Crippen LogP contribution >= 0.6 is 11.6 Å². The first-order valence-corrected chi connectivity index (χ1v) is 8.17. The van der Waals surface area contributed by atoms with E-state index in [1.807, 2.05) is 0 Å². The molecule has 1 amide bonds. The normalized spacial score (nSPS) is 10.5. The third kappa shape index (κ3) is 3.61. The van der Waals surface area contributed by atoms with Crippen molar-refractivity contribution in [3.05, 3.63) is 80.3 Å². The van der Waals surface area contributed by atoms with Crippen LogP contribution in [-0.4, -0.2) is 10.9 Å². The molecule has 3 aromatic rings. The van der Waals surface area contributed by atoms with Crippen molar-refractivity contribution >= 4 is 28.4 Å². The number of rotatable bonds is 4. The predicted molar refractivity (Wildman–Crippen MR) is 99.7 cm³/mol. The molecule has 0 aliphatic carbocycles. The molecule has 0 radical (unpaired) electrons. The number of aromatic amines is 1. The van der Waals surface area contributed by atoms with Gasteiger partial charge in [0.05, 0.1) is 5.52 Å². The molecule has 0 atom stereocenters. The van der Waals surface area contributed by atoms with Gasteiger partial charge >= 0.3 is 0 Å². The van der Waals surface area contributed by atoms with E-state index >= 15 is 0 Å². The van der Waals surface area contributed by atoms with Gasteiger partial charge in [0.25, 0.3) is 5.91 Å². The third-order valence-electron chi connectivity index (χ3n) is 3.92. The lowest BCUT2D eigenvalue weighted by molar-refractivity contribution is 0.0949. The standard InChI is InChI=1S/C20H14ClFN2O2/c1-2-3-13-8-15-18(17(22)9-13)23-11-16(19(15)25)20(26)24-10-12-4-6-14(21)7-5-12/h1,4-9,11H,3,10H2,(H,23,25)(H,24,26). The number of carbonyl (C=O) groups excluding carboxylic acids is 1. The number of nitrogens with one attached hydrogen (secondary N) is 2. The maximum atomic E-state index is 14.1. The zero-order chi connectivity index (χ0) is 18.7. The smallest absolute Gasteiger partial charge is 0.257 e. The fourth-order valence-electron chi connectivity index (χ4n) is 2.61. The van der Waals surface area contributed by atoms with Crippen LogP contribution in [0.2, 0.25) is 5.02 Å². The highest BCUT2D eigenvalue weighted by Crippen LogP contribution is 2.16. The Morgan fingerprint density at radius 1 is 1.23 bits per heavy atom. The fraction of sp³-hybridized carbons (Fsp3) is 0.100. The zero-order valence-corrected chi connectivity index (χ0v) is 14.4. The first-order valence-electron chi connectivity index (χ1n) is 7.79. The molecule has 0 saturated carbocycles. The van der Waals surface area contributed by atoms with E-state index in [4.69, 9.17) is 18.0 Å². The van der Waals surface area contributed by atoms with Gasteiger partial charge < -0.3 is 10.3 Å². The van der Waals surface area contributed by atoms with Crippen molar-refractivity contribution in [2.75, 3.05) is 0 Å². The van der Waals surface area contributed by atoms with Crippen LogP contribution in [0.15, 0.2) is 47.4 Å². The molecule has 0 unspecified atom stereocenters. The number of pyridine rings is 1.